The van der Waals surface area contributed by atoms with Crippen molar-refractivity contribution in [2.75, 3.05) is 6.54 Å². The Kier molecular flexibility index (Phi) is 3.66. The molecule has 1 aliphatic carbocycles. The average molecular weight is 250 g/mol. The van der Waals surface area contributed by atoms with Crippen LogP contribution in [0.3, 0.4) is 0 Å². The van der Waals surface area contributed by atoms with Crippen molar-refractivity contribution in [3.8, 4) is 0 Å². The Morgan fingerprint density at radius 3 is 2.50 bits per heavy atom. The number of halogens is 1. The van der Waals surface area contributed by atoms with Crippen LogP contribution in [0.25, 0.3) is 0 Å². The zero-order valence-corrected chi connectivity index (χ0v) is 10.6. The van der Waals surface area contributed by atoms with Gasteiger partial charge in [0.25, 0.3) is 0 Å². The number of hydrogen-bond donors (Lipinski definition) is 2. The number of amides is 1. The van der Waals surface area contributed by atoms with E-state index in [-0.39, 0.29) is 23.2 Å². The van der Waals surface area contributed by atoms with Crippen molar-refractivity contribution in [3.05, 3.63) is 35.6 Å². The average Bonchev–Trinajstić information content (AvgIpc) is 2.29. The molecule has 0 saturated heterocycles. The van der Waals surface area contributed by atoms with Crippen LogP contribution in [0, 0.1) is 11.2 Å². The standard InChI is InChI=1S/C14H19FN2O/c1-10(11-3-5-12(15)6-4-11)17-13(18)14(9-16)7-2-8-14/h3-6,10H,2,7-9,16H2,1H3,(H,17,18). The van der Waals surface area contributed by atoms with Crippen molar-refractivity contribution in [2.24, 2.45) is 11.1 Å². The molecule has 1 aromatic rings. The summed E-state index contributed by atoms with van der Waals surface area (Å²) in [6.07, 6.45) is 2.80. The van der Waals surface area contributed by atoms with Crippen LogP contribution in [0.1, 0.15) is 37.8 Å². The van der Waals surface area contributed by atoms with Gasteiger partial charge in [-0.2, -0.15) is 0 Å². The van der Waals surface area contributed by atoms with Gasteiger partial charge in [0.15, 0.2) is 0 Å². The van der Waals surface area contributed by atoms with Crippen molar-refractivity contribution in [1.29, 1.82) is 0 Å². The maximum atomic E-state index is 12.8. The van der Waals surface area contributed by atoms with Crippen LogP contribution in [-0.4, -0.2) is 12.5 Å². The molecule has 0 aromatic heterocycles. The first-order chi connectivity index (χ1) is 8.57. The van der Waals surface area contributed by atoms with E-state index in [1.807, 2.05) is 6.92 Å². The molecule has 0 aliphatic heterocycles. The molecule has 0 bridgehead atoms. The van der Waals surface area contributed by atoms with Gasteiger partial charge in [0.05, 0.1) is 11.5 Å². The van der Waals surface area contributed by atoms with Crippen molar-refractivity contribution in [1.82, 2.24) is 5.32 Å². The van der Waals surface area contributed by atoms with E-state index in [0.717, 1.165) is 24.8 Å². The predicted molar refractivity (Wildman–Crippen MR) is 68.3 cm³/mol. The van der Waals surface area contributed by atoms with E-state index in [9.17, 15) is 9.18 Å². The third-order valence-electron chi connectivity index (χ3n) is 3.90. The lowest BCUT2D eigenvalue weighted by molar-refractivity contribution is -0.135. The third kappa shape index (κ3) is 2.38. The minimum absolute atomic E-state index is 0.0214. The van der Waals surface area contributed by atoms with Crippen LogP contribution in [-0.2, 0) is 4.79 Å². The van der Waals surface area contributed by atoms with Crippen molar-refractivity contribution < 1.29 is 9.18 Å². The second-order valence-corrected chi connectivity index (χ2v) is 5.08. The zero-order chi connectivity index (χ0) is 13.2. The summed E-state index contributed by atoms with van der Waals surface area (Å²) < 4.78 is 12.8. The molecule has 1 unspecified atom stereocenters. The van der Waals surface area contributed by atoms with Crippen molar-refractivity contribution in [2.45, 2.75) is 32.2 Å². The largest absolute Gasteiger partial charge is 0.349 e. The normalized spacial score (nSPS) is 18.8. The van der Waals surface area contributed by atoms with Gasteiger partial charge in [0.2, 0.25) is 5.91 Å². The van der Waals surface area contributed by atoms with Gasteiger partial charge in [0.1, 0.15) is 5.82 Å². The Bertz CT molecular complexity index is 420. The number of hydrogen-bond acceptors (Lipinski definition) is 2. The Balaban J connectivity index is 2.01. The fourth-order valence-electron chi connectivity index (χ4n) is 2.31. The lowest BCUT2D eigenvalue weighted by Gasteiger charge is -2.39. The van der Waals surface area contributed by atoms with Crippen LogP contribution < -0.4 is 11.1 Å². The molecule has 98 valence electrons. The van der Waals surface area contributed by atoms with Crippen molar-refractivity contribution >= 4 is 5.91 Å². The second kappa shape index (κ2) is 5.06. The Labute approximate surface area is 107 Å². The molecule has 1 fully saturated rings. The van der Waals surface area contributed by atoms with E-state index < -0.39 is 0 Å². The molecular weight excluding hydrogens is 231 g/mol. The minimum atomic E-state index is -0.367. The summed E-state index contributed by atoms with van der Waals surface area (Å²) in [5, 5.41) is 2.97. The molecule has 0 spiro atoms. The van der Waals surface area contributed by atoms with Crippen LogP contribution in [0.2, 0.25) is 0 Å². The summed E-state index contributed by atoms with van der Waals surface area (Å²) in [4.78, 5) is 12.2. The number of carbonyl (C=O) groups is 1. The molecule has 18 heavy (non-hydrogen) atoms. The predicted octanol–water partition coefficient (Wildman–Crippen LogP) is 2.13. The summed E-state index contributed by atoms with van der Waals surface area (Å²) in [5.41, 5.74) is 6.23. The Morgan fingerprint density at radius 2 is 2.06 bits per heavy atom. The first-order valence-corrected chi connectivity index (χ1v) is 6.34. The van der Waals surface area contributed by atoms with E-state index in [4.69, 9.17) is 5.73 Å². The summed E-state index contributed by atoms with van der Waals surface area (Å²) in [6, 6.07) is 6.06. The van der Waals surface area contributed by atoms with Gasteiger partial charge in [-0.05, 0) is 37.5 Å². The molecule has 0 heterocycles. The highest BCUT2D eigenvalue weighted by Crippen LogP contribution is 2.40. The number of nitrogens with one attached hydrogen (secondary N) is 1. The molecule has 1 amide bonds. The van der Waals surface area contributed by atoms with Gasteiger partial charge >= 0.3 is 0 Å². The fraction of sp³-hybridized carbons (Fsp3) is 0.500. The van der Waals surface area contributed by atoms with Crippen LogP contribution in [0.5, 0.6) is 0 Å². The fourth-order valence-corrected chi connectivity index (χ4v) is 2.31. The summed E-state index contributed by atoms with van der Waals surface area (Å²) in [6.45, 7) is 2.29. The van der Waals surface area contributed by atoms with Crippen LogP contribution in [0.15, 0.2) is 24.3 Å². The highest BCUT2D eigenvalue weighted by atomic mass is 19.1. The number of benzene rings is 1. The third-order valence-corrected chi connectivity index (χ3v) is 3.90. The smallest absolute Gasteiger partial charge is 0.227 e. The van der Waals surface area contributed by atoms with E-state index >= 15 is 0 Å². The Hall–Kier alpha value is -1.42. The minimum Gasteiger partial charge on any atom is -0.349 e. The maximum absolute atomic E-state index is 12.8. The molecule has 2 rings (SSSR count). The molecule has 0 radical (unpaired) electrons. The highest BCUT2D eigenvalue weighted by molar-refractivity contribution is 5.84. The van der Waals surface area contributed by atoms with Gasteiger partial charge in [0, 0.05) is 6.54 Å². The SMILES string of the molecule is CC(NC(=O)C1(CN)CCC1)c1ccc(F)cc1. The molecule has 4 heteroatoms. The zero-order valence-electron chi connectivity index (χ0n) is 10.6. The first-order valence-electron chi connectivity index (χ1n) is 6.34. The van der Waals surface area contributed by atoms with Crippen molar-refractivity contribution in [3.63, 3.8) is 0 Å². The molecular formula is C14H19FN2O. The molecule has 3 N–H and O–H groups in total. The van der Waals surface area contributed by atoms with E-state index in [2.05, 4.69) is 5.32 Å². The van der Waals surface area contributed by atoms with Gasteiger partial charge in [-0.15, -0.1) is 0 Å². The Morgan fingerprint density at radius 1 is 1.44 bits per heavy atom. The highest BCUT2D eigenvalue weighted by Gasteiger charge is 2.43. The summed E-state index contributed by atoms with van der Waals surface area (Å²) in [5.74, 6) is -0.247. The molecule has 1 aromatic carbocycles. The van der Waals surface area contributed by atoms with Gasteiger partial charge in [-0.25, -0.2) is 4.39 Å². The van der Waals surface area contributed by atoms with Gasteiger partial charge in [-0.3, -0.25) is 4.79 Å². The molecule has 1 aliphatic rings. The number of nitrogens with two attached hydrogens (primary N) is 1. The number of rotatable bonds is 4. The van der Waals surface area contributed by atoms with Gasteiger partial charge in [-0.1, -0.05) is 18.6 Å². The van der Waals surface area contributed by atoms with E-state index in [0.29, 0.717) is 6.54 Å². The van der Waals surface area contributed by atoms with E-state index in [1.165, 1.54) is 12.1 Å². The van der Waals surface area contributed by atoms with Gasteiger partial charge < -0.3 is 11.1 Å². The topological polar surface area (TPSA) is 55.1 Å². The monoisotopic (exact) mass is 250 g/mol. The summed E-state index contributed by atoms with van der Waals surface area (Å²) >= 11 is 0. The van der Waals surface area contributed by atoms with E-state index in [1.54, 1.807) is 12.1 Å². The lowest BCUT2D eigenvalue weighted by atomic mass is 9.68. The maximum Gasteiger partial charge on any atom is 0.227 e. The first kappa shape index (κ1) is 13.0. The summed E-state index contributed by atoms with van der Waals surface area (Å²) in [7, 11) is 0. The molecule has 1 saturated carbocycles. The molecule has 3 nitrogen and oxygen atoms in total. The second-order valence-electron chi connectivity index (χ2n) is 5.08. The van der Waals surface area contributed by atoms with Crippen LogP contribution in [0.4, 0.5) is 4.39 Å². The quantitative estimate of drug-likeness (QED) is 0.860. The van der Waals surface area contributed by atoms with Crippen LogP contribution >= 0.6 is 0 Å². The lowest BCUT2D eigenvalue weighted by Crippen LogP contribution is -2.50. The number of carbonyl (C=O) groups excluding carboxylic acids is 1. The molecule has 1 atom stereocenters.